The lowest BCUT2D eigenvalue weighted by atomic mass is 10.1. The van der Waals surface area contributed by atoms with Crippen LogP contribution in [0, 0.1) is 0 Å². The van der Waals surface area contributed by atoms with Crippen LogP contribution in [-0.2, 0) is 4.79 Å². The quantitative estimate of drug-likeness (QED) is 0.757. The van der Waals surface area contributed by atoms with Crippen molar-refractivity contribution in [2.24, 2.45) is 0 Å². The Balaban J connectivity index is 2.96. The summed E-state index contributed by atoms with van der Waals surface area (Å²) in [6.45, 7) is 2.47. The zero-order chi connectivity index (χ0) is 15.1. The van der Waals surface area contributed by atoms with Crippen molar-refractivity contribution in [2.45, 2.75) is 13.3 Å². The standard InChI is InChI=1S/C14H21N3O3/c1-4-7-17(9-13(18)16-2)14(19)11-6-5-10(20-3)8-12(11)15/h5-6,8H,4,7,9,15H2,1-3H3,(H,16,18). The highest BCUT2D eigenvalue weighted by atomic mass is 16.5. The molecule has 20 heavy (non-hydrogen) atoms. The van der Waals surface area contributed by atoms with Gasteiger partial charge in [-0.25, -0.2) is 0 Å². The minimum Gasteiger partial charge on any atom is -0.497 e. The van der Waals surface area contributed by atoms with Crippen LogP contribution in [0.3, 0.4) is 0 Å². The van der Waals surface area contributed by atoms with Crippen LogP contribution in [0.4, 0.5) is 5.69 Å². The molecule has 0 atom stereocenters. The molecule has 0 saturated carbocycles. The number of carbonyl (C=O) groups is 2. The molecule has 3 N–H and O–H groups in total. The zero-order valence-electron chi connectivity index (χ0n) is 12.1. The third-order valence-corrected chi connectivity index (χ3v) is 2.88. The average molecular weight is 279 g/mol. The zero-order valence-corrected chi connectivity index (χ0v) is 12.1. The molecule has 0 unspecified atom stereocenters. The maximum Gasteiger partial charge on any atom is 0.256 e. The van der Waals surface area contributed by atoms with Crippen molar-refractivity contribution < 1.29 is 14.3 Å². The van der Waals surface area contributed by atoms with Gasteiger partial charge in [-0.05, 0) is 18.6 Å². The van der Waals surface area contributed by atoms with Crippen LogP contribution in [0.1, 0.15) is 23.7 Å². The first-order valence-corrected chi connectivity index (χ1v) is 6.46. The molecule has 1 aromatic rings. The maximum atomic E-state index is 12.4. The Bertz CT molecular complexity index is 489. The van der Waals surface area contributed by atoms with Gasteiger partial charge in [0.1, 0.15) is 5.75 Å². The number of ether oxygens (including phenoxy) is 1. The molecule has 1 rings (SSSR count). The van der Waals surface area contributed by atoms with Crippen LogP contribution in [0.2, 0.25) is 0 Å². The smallest absolute Gasteiger partial charge is 0.256 e. The van der Waals surface area contributed by atoms with E-state index in [1.165, 1.54) is 12.0 Å². The van der Waals surface area contributed by atoms with Crippen molar-refractivity contribution in [3.63, 3.8) is 0 Å². The van der Waals surface area contributed by atoms with E-state index in [0.29, 0.717) is 23.5 Å². The Morgan fingerprint density at radius 1 is 1.40 bits per heavy atom. The predicted molar refractivity (Wildman–Crippen MR) is 77.7 cm³/mol. The van der Waals surface area contributed by atoms with E-state index >= 15 is 0 Å². The normalized spacial score (nSPS) is 9.95. The number of anilines is 1. The molecule has 0 aliphatic carbocycles. The fourth-order valence-corrected chi connectivity index (χ4v) is 1.81. The molecule has 0 fully saturated rings. The second-order valence-electron chi connectivity index (χ2n) is 4.35. The second kappa shape index (κ2) is 7.37. The largest absolute Gasteiger partial charge is 0.497 e. The molecule has 0 radical (unpaired) electrons. The number of methoxy groups -OCH3 is 1. The van der Waals surface area contributed by atoms with Crippen LogP contribution in [-0.4, -0.2) is 44.0 Å². The number of nitrogens with one attached hydrogen (secondary N) is 1. The SMILES string of the molecule is CCCN(CC(=O)NC)C(=O)c1ccc(OC)cc1N. The van der Waals surface area contributed by atoms with Crippen LogP contribution < -0.4 is 15.8 Å². The van der Waals surface area contributed by atoms with Crippen molar-refractivity contribution in [3.05, 3.63) is 23.8 Å². The van der Waals surface area contributed by atoms with Crippen molar-refractivity contribution in [1.29, 1.82) is 0 Å². The number of amides is 2. The third-order valence-electron chi connectivity index (χ3n) is 2.88. The number of likely N-dealkylation sites (N-methyl/N-ethyl adjacent to an activating group) is 1. The maximum absolute atomic E-state index is 12.4. The van der Waals surface area contributed by atoms with Gasteiger partial charge < -0.3 is 20.7 Å². The topological polar surface area (TPSA) is 84.7 Å². The second-order valence-corrected chi connectivity index (χ2v) is 4.35. The summed E-state index contributed by atoms with van der Waals surface area (Å²) < 4.78 is 5.05. The van der Waals surface area contributed by atoms with Crippen molar-refractivity contribution in [3.8, 4) is 5.75 Å². The monoisotopic (exact) mass is 279 g/mol. The van der Waals surface area contributed by atoms with E-state index in [9.17, 15) is 9.59 Å². The molecule has 0 aromatic heterocycles. The van der Waals surface area contributed by atoms with E-state index in [4.69, 9.17) is 10.5 Å². The summed E-state index contributed by atoms with van der Waals surface area (Å²) in [7, 11) is 3.07. The number of nitrogens with two attached hydrogens (primary N) is 1. The van der Waals surface area contributed by atoms with Gasteiger partial charge >= 0.3 is 0 Å². The molecule has 0 spiro atoms. The van der Waals surface area contributed by atoms with Crippen LogP contribution in [0.25, 0.3) is 0 Å². The van der Waals surface area contributed by atoms with Gasteiger partial charge in [-0.2, -0.15) is 0 Å². The molecule has 1 aromatic carbocycles. The van der Waals surface area contributed by atoms with Gasteiger partial charge in [-0.15, -0.1) is 0 Å². The lowest BCUT2D eigenvalue weighted by molar-refractivity contribution is -0.121. The summed E-state index contributed by atoms with van der Waals surface area (Å²) in [4.78, 5) is 25.4. The van der Waals surface area contributed by atoms with Crippen molar-refractivity contribution in [1.82, 2.24) is 10.2 Å². The lowest BCUT2D eigenvalue weighted by Gasteiger charge is -2.22. The van der Waals surface area contributed by atoms with E-state index in [1.54, 1.807) is 25.2 Å². The molecule has 6 nitrogen and oxygen atoms in total. The Morgan fingerprint density at radius 2 is 2.10 bits per heavy atom. The summed E-state index contributed by atoms with van der Waals surface area (Å²) in [5, 5.41) is 2.51. The highest BCUT2D eigenvalue weighted by Crippen LogP contribution is 2.21. The molecule has 0 aliphatic rings. The van der Waals surface area contributed by atoms with Crippen LogP contribution >= 0.6 is 0 Å². The molecule has 0 heterocycles. The third kappa shape index (κ3) is 3.88. The number of nitrogen functional groups attached to an aromatic ring is 1. The first-order chi connectivity index (χ1) is 9.53. The molecule has 0 saturated heterocycles. The van der Waals surface area contributed by atoms with E-state index in [1.807, 2.05) is 6.92 Å². The summed E-state index contributed by atoms with van der Waals surface area (Å²) in [6.07, 6.45) is 0.763. The molecule has 0 bridgehead atoms. The number of benzene rings is 1. The highest BCUT2D eigenvalue weighted by Gasteiger charge is 2.19. The van der Waals surface area contributed by atoms with Gasteiger partial charge in [0.15, 0.2) is 0 Å². The Hall–Kier alpha value is -2.24. The van der Waals surface area contributed by atoms with Gasteiger partial charge in [-0.3, -0.25) is 9.59 Å². The van der Waals surface area contributed by atoms with Crippen LogP contribution in [0.15, 0.2) is 18.2 Å². The molecule has 0 aliphatic heterocycles. The van der Waals surface area contributed by atoms with E-state index in [2.05, 4.69) is 5.32 Å². The first-order valence-electron chi connectivity index (χ1n) is 6.46. The average Bonchev–Trinajstić information content (AvgIpc) is 2.45. The van der Waals surface area contributed by atoms with E-state index < -0.39 is 0 Å². The highest BCUT2D eigenvalue weighted by molar-refractivity contribution is 6.00. The summed E-state index contributed by atoms with van der Waals surface area (Å²) in [5.74, 6) is 0.127. The lowest BCUT2D eigenvalue weighted by Crippen LogP contribution is -2.40. The van der Waals surface area contributed by atoms with Gasteiger partial charge in [0, 0.05) is 25.3 Å². The minimum atomic E-state index is -0.254. The first kappa shape index (κ1) is 15.8. The molecular weight excluding hydrogens is 258 g/mol. The molecule has 2 amide bonds. The fourth-order valence-electron chi connectivity index (χ4n) is 1.81. The molecular formula is C14H21N3O3. The minimum absolute atomic E-state index is 0.0225. The fraction of sp³-hybridized carbons (Fsp3) is 0.429. The van der Waals surface area contributed by atoms with Gasteiger partial charge in [0.05, 0.1) is 19.2 Å². The predicted octanol–water partition coefficient (Wildman–Crippen LogP) is 0.876. The van der Waals surface area contributed by atoms with Crippen molar-refractivity contribution in [2.75, 3.05) is 33.0 Å². The summed E-state index contributed by atoms with van der Waals surface area (Å²) in [5.41, 5.74) is 6.59. The van der Waals surface area contributed by atoms with Gasteiger partial charge in [0.2, 0.25) is 5.91 Å². The number of nitrogens with zero attached hydrogens (tertiary/aromatic N) is 1. The number of rotatable bonds is 6. The van der Waals surface area contributed by atoms with E-state index in [0.717, 1.165) is 6.42 Å². The van der Waals surface area contributed by atoms with Crippen molar-refractivity contribution >= 4 is 17.5 Å². The Labute approximate surface area is 118 Å². The Morgan fingerprint density at radius 3 is 2.60 bits per heavy atom. The number of carbonyl (C=O) groups excluding carboxylic acids is 2. The molecule has 110 valence electrons. The summed E-state index contributed by atoms with van der Waals surface area (Å²) in [6, 6.07) is 4.88. The number of hydrogen-bond donors (Lipinski definition) is 2. The summed E-state index contributed by atoms with van der Waals surface area (Å²) >= 11 is 0. The van der Waals surface area contributed by atoms with Gasteiger partial charge in [-0.1, -0.05) is 6.92 Å². The number of hydrogen-bond acceptors (Lipinski definition) is 4. The van der Waals surface area contributed by atoms with E-state index in [-0.39, 0.29) is 18.4 Å². The Kier molecular flexibility index (Phi) is 5.83. The molecule has 6 heteroatoms. The van der Waals surface area contributed by atoms with Crippen LogP contribution in [0.5, 0.6) is 5.75 Å². The van der Waals surface area contributed by atoms with Gasteiger partial charge in [0.25, 0.3) is 5.91 Å².